The predicted octanol–water partition coefficient (Wildman–Crippen LogP) is 1.84. The van der Waals surface area contributed by atoms with Gasteiger partial charge in [0.1, 0.15) is 16.9 Å². The number of aromatic amines is 1. The zero-order chi connectivity index (χ0) is 15.9. The molecule has 2 N–H and O–H groups in total. The van der Waals surface area contributed by atoms with Crippen LogP contribution in [0.2, 0.25) is 0 Å². The summed E-state index contributed by atoms with van der Waals surface area (Å²) in [5.41, 5.74) is 2.83. The van der Waals surface area contributed by atoms with Crippen LogP contribution in [0.1, 0.15) is 35.6 Å². The standard InChI is InChI=1S/C16H18N4O2/c1-9-4-6-12(7-5-9)10(2)20-15-14(13(8-21)19-20)16(22)18-11(3)17-15/h4-7,10,21H,8H2,1-3H3,(H,17,18,22). The highest BCUT2D eigenvalue weighted by molar-refractivity contribution is 5.77. The molecule has 6 heteroatoms. The number of H-pyrrole nitrogens is 1. The predicted molar refractivity (Wildman–Crippen MR) is 83.8 cm³/mol. The molecule has 1 aromatic carbocycles. The van der Waals surface area contributed by atoms with Crippen molar-refractivity contribution in [3.8, 4) is 0 Å². The molecule has 0 aliphatic rings. The number of aliphatic hydroxyl groups is 1. The molecule has 0 saturated heterocycles. The van der Waals surface area contributed by atoms with Crippen LogP contribution in [-0.4, -0.2) is 24.9 Å². The quantitative estimate of drug-likeness (QED) is 0.773. The van der Waals surface area contributed by atoms with Gasteiger partial charge in [-0.3, -0.25) is 4.79 Å². The van der Waals surface area contributed by atoms with Crippen LogP contribution >= 0.6 is 0 Å². The second kappa shape index (κ2) is 5.38. The van der Waals surface area contributed by atoms with E-state index in [9.17, 15) is 9.90 Å². The lowest BCUT2D eigenvalue weighted by Crippen LogP contribution is -2.13. The van der Waals surface area contributed by atoms with Gasteiger partial charge in [0.25, 0.3) is 5.56 Å². The normalized spacial score (nSPS) is 12.7. The number of aryl methyl sites for hydroxylation is 2. The second-order valence-corrected chi connectivity index (χ2v) is 5.49. The average molecular weight is 298 g/mol. The number of aromatic nitrogens is 4. The first-order chi connectivity index (χ1) is 10.5. The Labute approximate surface area is 127 Å². The minimum atomic E-state index is -0.294. The zero-order valence-corrected chi connectivity index (χ0v) is 12.8. The van der Waals surface area contributed by atoms with Gasteiger partial charge in [-0.05, 0) is 26.3 Å². The Morgan fingerprint density at radius 1 is 1.27 bits per heavy atom. The van der Waals surface area contributed by atoms with Crippen LogP contribution in [0.25, 0.3) is 11.0 Å². The van der Waals surface area contributed by atoms with Crippen molar-refractivity contribution in [1.82, 2.24) is 19.7 Å². The van der Waals surface area contributed by atoms with Gasteiger partial charge >= 0.3 is 0 Å². The van der Waals surface area contributed by atoms with Gasteiger partial charge in [-0.1, -0.05) is 29.8 Å². The van der Waals surface area contributed by atoms with Gasteiger partial charge in [0.2, 0.25) is 0 Å². The summed E-state index contributed by atoms with van der Waals surface area (Å²) in [5, 5.41) is 14.2. The van der Waals surface area contributed by atoms with Gasteiger partial charge in [-0.2, -0.15) is 5.10 Å². The van der Waals surface area contributed by atoms with E-state index in [-0.39, 0.29) is 18.2 Å². The lowest BCUT2D eigenvalue weighted by atomic mass is 10.1. The lowest BCUT2D eigenvalue weighted by molar-refractivity contribution is 0.276. The maximum absolute atomic E-state index is 12.1. The number of aliphatic hydroxyl groups excluding tert-OH is 1. The summed E-state index contributed by atoms with van der Waals surface area (Å²) in [7, 11) is 0. The molecular formula is C16H18N4O2. The molecule has 0 aliphatic carbocycles. The molecular weight excluding hydrogens is 280 g/mol. The molecule has 0 bridgehead atoms. The summed E-state index contributed by atoms with van der Waals surface area (Å²) < 4.78 is 1.70. The molecule has 0 fully saturated rings. The molecule has 3 rings (SSSR count). The third kappa shape index (κ3) is 2.31. The van der Waals surface area contributed by atoms with Crippen LogP contribution in [0.3, 0.4) is 0 Å². The molecule has 2 aromatic heterocycles. The van der Waals surface area contributed by atoms with Crippen molar-refractivity contribution < 1.29 is 5.11 Å². The van der Waals surface area contributed by atoms with E-state index < -0.39 is 0 Å². The fraction of sp³-hybridized carbons (Fsp3) is 0.312. The molecule has 6 nitrogen and oxygen atoms in total. The minimum Gasteiger partial charge on any atom is -0.390 e. The zero-order valence-electron chi connectivity index (χ0n) is 12.8. The van der Waals surface area contributed by atoms with Gasteiger partial charge in [0, 0.05) is 0 Å². The summed E-state index contributed by atoms with van der Waals surface area (Å²) >= 11 is 0. The maximum atomic E-state index is 12.1. The van der Waals surface area contributed by atoms with E-state index in [0.29, 0.717) is 22.6 Å². The average Bonchev–Trinajstić information content (AvgIpc) is 2.86. The van der Waals surface area contributed by atoms with E-state index in [1.165, 1.54) is 5.56 Å². The summed E-state index contributed by atoms with van der Waals surface area (Å²) in [6.07, 6.45) is 0. The molecule has 1 unspecified atom stereocenters. The summed E-state index contributed by atoms with van der Waals surface area (Å²) in [6.45, 7) is 5.47. The number of nitrogens with zero attached hydrogens (tertiary/aromatic N) is 3. The Morgan fingerprint density at radius 3 is 2.59 bits per heavy atom. The van der Waals surface area contributed by atoms with E-state index in [1.807, 2.05) is 38.1 Å². The Morgan fingerprint density at radius 2 is 1.95 bits per heavy atom. The van der Waals surface area contributed by atoms with Crippen molar-refractivity contribution in [3.63, 3.8) is 0 Å². The van der Waals surface area contributed by atoms with Crippen LogP contribution in [-0.2, 0) is 6.61 Å². The van der Waals surface area contributed by atoms with Crippen molar-refractivity contribution in [2.75, 3.05) is 0 Å². The molecule has 22 heavy (non-hydrogen) atoms. The first-order valence-corrected chi connectivity index (χ1v) is 7.16. The fourth-order valence-corrected chi connectivity index (χ4v) is 2.59. The van der Waals surface area contributed by atoms with E-state index in [2.05, 4.69) is 15.1 Å². The van der Waals surface area contributed by atoms with Crippen molar-refractivity contribution in [1.29, 1.82) is 0 Å². The third-order valence-electron chi connectivity index (χ3n) is 3.83. The molecule has 2 heterocycles. The van der Waals surface area contributed by atoms with Gasteiger partial charge in [0.05, 0.1) is 12.6 Å². The van der Waals surface area contributed by atoms with Crippen LogP contribution in [0.4, 0.5) is 0 Å². The Balaban J connectivity index is 2.22. The van der Waals surface area contributed by atoms with Crippen molar-refractivity contribution in [2.24, 2.45) is 0 Å². The molecule has 0 aliphatic heterocycles. The van der Waals surface area contributed by atoms with Crippen molar-refractivity contribution in [3.05, 3.63) is 57.3 Å². The number of nitrogens with one attached hydrogen (secondary N) is 1. The minimum absolute atomic E-state index is 0.0860. The monoisotopic (exact) mass is 298 g/mol. The van der Waals surface area contributed by atoms with Gasteiger partial charge in [-0.15, -0.1) is 0 Å². The number of fused-ring (bicyclic) bond motifs is 1. The third-order valence-corrected chi connectivity index (χ3v) is 3.83. The first kappa shape index (κ1) is 14.5. The van der Waals surface area contributed by atoms with E-state index in [0.717, 1.165) is 5.56 Å². The Hall–Kier alpha value is -2.47. The van der Waals surface area contributed by atoms with Crippen LogP contribution in [0.15, 0.2) is 29.1 Å². The van der Waals surface area contributed by atoms with Crippen LogP contribution in [0.5, 0.6) is 0 Å². The second-order valence-electron chi connectivity index (χ2n) is 5.49. The van der Waals surface area contributed by atoms with E-state index in [1.54, 1.807) is 11.6 Å². The highest BCUT2D eigenvalue weighted by Crippen LogP contribution is 2.23. The summed E-state index contributed by atoms with van der Waals surface area (Å²) in [6, 6.07) is 8.06. The highest BCUT2D eigenvalue weighted by atomic mass is 16.3. The maximum Gasteiger partial charge on any atom is 0.262 e. The number of benzene rings is 1. The van der Waals surface area contributed by atoms with E-state index in [4.69, 9.17) is 0 Å². The highest BCUT2D eigenvalue weighted by Gasteiger charge is 2.19. The number of hydrogen-bond acceptors (Lipinski definition) is 4. The Kier molecular flexibility index (Phi) is 3.54. The largest absolute Gasteiger partial charge is 0.390 e. The number of hydrogen-bond donors (Lipinski definition) is 2. The summed E-state index contributed by atoms with van der Waals surface area (Å²) in [4.78, 5) is 19.2. The smallest absolute Gasteiger partial charge is 0.262 e. The molecule has 1 atom stereocenters. The first-order valence-electron chi connectivity index (χ1n) is 7.16. The molecule has 0 spiro atoms. The van der Waals surface area contributed by atoms with Crippen LogP contribution < -0.4 is 5.56 Å². The van der Waals surface area contributed by atoms with Gasteiger partial charge < -0.3 is 10.1 Å². The molecule has 0 saturated carbocycles. The van der Waals surface area contributed by atoms with Crippen molar-refractivity contribution >= 4 is 11.0 Å². The van der Waals surface area contributed by atoms with Gasteiger partial charge in [0.15, 0.2) is 5.65 Å². The summed E-state index contributed by atoms with van der Waals surface area (Å²) in [5.74, 6) is 0.527. The van der Waals surface area contributed by atoms with E-state index >= 15 is 0 Å². The fourth-order valence-electron chi connectivity index (χ4n) is 2.59. The molecule has 0 radical (unpaired) electrons. The van der Waals surface area contributed by atoms with Crippen LogP contribution in [0, 0.1) is 13.8 Å². The topological polar surface area (TPSA) is 83.8 Å². The molecule has 3 aromatic rings. The molecule has 0 amide bonds. The van der Waals surface area contributed by atoms with Gasteiger partial charge in [-0.25, -0.2) is 9.67 Å². The lowest BCUT2D eigenvalue weighted by Gasteiger charge is -2.13. The molecule has 114 valence electrons. The SMILES string of the molecule is Cc1ccc(C(C)n2nc(CO)c3c(=O)[nH]c(C)nc32)cc1. The number of rotatable bonds is 3. The van der Waals surface area contributed by atoms with Crippen molar-refractivity contribution in [2.45, 2.75) is 33.4 Å². The Bertz CT molecular complexity index is 878.